The number of rotatable bonds is 3. The summed E-state index contributed by atoms with van der Waals surface area (Å²) >= 11 is 0. The van der Waals surface area contributed by atoms with Crippen LogP contribution in [0.4, 0.5) is 5.69 Å². The molecule has 1 fully saturated rings. The van der Waals surface area contributed by atoms with Gasteiger partial charge in [0.2, 0.25) is 5.91 Å². The monoisotopic (exact) mass is 331 g/mol. The van der Waals surface area contributed by atoms with Crippen molar-refractivity contribution in [2.45, 2.75) is 51.1 Å². The zero-order chi connectivity index (χ0) is 17.3. The highest BCUT2D eigenvalue weighted by Gasteiger charge is 2.38. The van der Waals surface area contributed by atoms with Crippen molar-refractivity contribution in [1.82, 2.24) is 5.32 Å². The molecule has 6 heteroatoms. The first-order chi connectivity index (χ1) is 11.4. The SMILES string of the molecule is CC(NC(=O)C1CCCCC1(C)N)c1ccc2c(c1)NC(=O)CO2. The van der Waals surface area contributed by atoms with Gasteiger partial charge in [-0.1, -0.05) is 18.9 Å². The molecule has 1 saturated carbocycles. The highest BCUT2D eigenvalue weighted by atomic mass is 16.5. The van der Waals surface area contributed by atoms with E-state index in [1.54, 1.807) is 0 Å². The topological polar surface area (TPSA) is 93.5 Å². The first-order valence-corrected chi connectivity index (χ1v) is 8.53. The molecular formula is C18H25N3O3. The number of fused-ring (bicyclic) bond motifs is 1. The molecule has 0 saturated heterocycles. The number of hydrogen-bond donors (Lipinski definition) is 3. The molecule has 3 atom stereocenters. The Morgan fingerprint density at radius 2 is 2.25 bits per heavy atom. The summed E-state index contributed by atoms with van der Waals surface area (Å²) in [4.78, 5) is 24.1. The van der Waals surface area contributed by atoms with E-state index in [9.17, 15) is 9.59 Å². The fourth-order valence-corrected chi connectivity index (χ4v) is 3.56. The number of nitrogens with one attached hydrogen (secondary N) is 2. The van der Waals surface area contributed by atoms with Gasteiger partial charge in [-0.25, -0.2) is 0 Å². The maximum atomic E-state index is 12.7. The molecular weight excluding hydrogens is 306 g/mol. The van der Waals surface area contributed by atoms with E-state index in [-0.39, 0.29) is 30.4 Å². The lowest BCUT2D eigenvalue weighted by atomic mass is 9.74. The van der Waals surface area contributed by atoms with Gasteiger partial charge in [0.25, 0.3) is 5.91 Å². The molecule has 24 heavy (non-hydrogen) atoms. The van der Waals surface area contributed by atoms with Crippen LogP contribution in [0.1, 0.15) is 51.1 Å². The standard InChI is InChI=1S/C18H25N3O3/c1-11(20-17(23)13-5-3-4-8-18(13,2)19)12-6-7-15-14(9-12)21-16(22)10-24-15/h6-7,9,11,13H,3-5,8,10,19H2,1-2H3,(H,20,23)(H,21,22). The Kier molecular flexibility index (Phi) is 4.49. The van der Waals surface area contributed by atoms with Gasteiger partial charge < -0.3 is 21.1 Å². The lowest BCUT2D eigenvalue weighted by molar-refractivity contribution is -0.128. The quantitative estimate of drug-likeness (QED) is 0.791. The van der Waals surface area contributed by atoms with E-state index in [0.29, 0.717) is 11.4 Å². The highest BCUT2D eigenvalue weighted by molar-refractivity contribution is 5.95. The Bertz CT molecular complexity index is 657. The number of hydrogen-bond acceptors (Lipinski definition) is 4. The fourth-order valence-electron chi connectivity index (χ4n) is 3.56. The molecule has 0 radical (unpaired) electrons. The van der Waals surface area contributed by atoms with Crippen LogP contribution >= 0.6 is 0 Å². The van der Waals surface area contributed by atoms with Gasteiger partial charge in [-0.15, -0.1) is 0 Å². The van der Waals surface area contributed by atoms with Gasteiger partial charge in [-0.3, -0.25) is 9.59 Å². The zero-order valence-corrected chi connectivity index (χ0v) is 14.2. The van der Waals surface area contributed by atoms with E-state index in [2.05, 4.69) is 10.6 Å². The van der Waals surface area contributed by atoms with E-state index in [4.69, 9.17) is 10.5 Å². The van der Waals surface area contributed by atoms with Crippen LogP contribution in [0.5, 0.6) is 5.75 Å². The normalized spacial score (nSPS) is 27.5. The van der Waals surface area contributed by atoms with Gasteiger partial charge in [-0.2, -0.15) is 0 Å². The van der Waals surface area contributed by atoms with Crippen molar-refractivity contribution in [1.29, 1.82) is 0 Å². The molecule has 0 aromatic heterocycles. The van der Waals surface area contributed by atoms with Crippen molar-refractivity contribution in [3.8, 4) is 5.75 Å². The first kappa shape index (κ1) is 16.8. The molecule has 1 heterocycles. The van der Waals surface area contributed by atoms with Crippen molar-refractivity contribution < 1.29 is 14.3 Å². The van der Waals surface area contributed by atoms with E-state index >= 15 is 0 Å². The van der Waals surface area contributed by atoms with Crippen molar-refractivity contribution >= 4 is 17.5 Å². The number of carbonyl (C=O) groups excluding carboxylic acids is 2. The Balaban J connectivity index is 1.70. The summed E-state index contributed by atoms with van der Waals surface area (Å²) in [6.45, 7) is 3.93. The summed E-state index contributed by atoms with van der Waals surface area (Å²) in [6.07, 6.45) is 3.83. The summed E-state index contributed by atoms with van der Waals surface area (Å²) in [5.41, 5.74) is 7.44. The van der Waals surface area contributed by atoms with Gasteiger partial charge in [0, 0.05) is 5.54 Å². The first-order valence-electron chi connectivity index (χ1n) is 8.53. The van der Waals surface area contributed by atoms with Crippen molar-refractivity contribution in [2.24, 2.45) is 11.7 Å². The highest BCUT2D eigenvalue weighted by Crippen LogP contribution is 2.33. The van der Waals surface area contributed by atoms with Gasteiger partial charge >= 0.3 is 0 Å². The second-order valence-electron chi connectivity index (χ2n) is 7.13. The van der Waals surface area contributed by atoms with Crippen LogP contribution in [0.2, 0.25) is 0 Å². The summed E-state index contributed by atoms with van der Waals surface area (Å²) in [6, 6.07) is 5.41. The molecule has 1 aromatic carbocycles. The molecule has 2 amide bonds. The van der Waals surface area contributed by atoms with E-state index < -0.39 is 5.54 Å². The van der Waals surface area contributed by atoms with Crippen LogP contribution in [0.25, 0.3) is 0 Å². The molecule has 6 nitrogen and oxygen atoms in total. The smallest absolute Gasteiger partial charge is 0.262 e. The lowest BCUT2D eigenvalue weighted by Gasteiger charge is -2.37. The zero-order valence-electron chi connectivity index (χ0n) is 14.2. The summed E-state index contributed by atoms with van der Waals surface area (Å²) in [5.74, 6) is 0.329. The molecule has 0 bridgehead atoms. The van der Waals surface area contributed by atoms with Crippen LogP contribution in [-0.4, -0.2) is 24.0 Å². The average molecular weight is 331 g/mol. The molecule has 130 valence electrons. The molecule has 2 aliphatic rings. The van der Waals surface area contributed by atoms with Crippen molar-refractivity contribution in [3.05, 3.63) is 23.8 Å². The largest absolute Gasteiger partial charge is 0.482 e. The number of amides is 2. The third-order valence-corrected chi connectivity index (χ3v) is 5.07. The van der Waals surface area contributed by atoms with Crippen molar-refractivity contribution in [2.75, 3.05) is 11.9 Å². The molecule has 3 unspecified atom stereocenters. The Morgan fingerprint density at radius 3 is 3.00 bits per heavy atom. The van der Waals surface area contributed by atoms with Crippen LogP contribution in [-0.2, 0) is 9.59 Å². The fraction of sp³-hybridized carbons (Fsp3) is 0.556. The molecule has 1 aliphatic carbocycles. The molecule has 4 N–H and O–H groups in total. The summed E-state index contributed by atoms with van der Waals surface area (Å²) in [5, 5.41) is 5.86. The van der Waals surface area contributed by atoms with Crippen LogP contribution < -0.4 is 21.1 Å². The van der Waals surface area contributed by atoms with Gasteiger partial charge in [0.05, 0.1) is 17.6 Å². The second-order valence-corrected chi connectivity index (χ2v) is 7.13. The number of nitrogens with two attached hydrogens (primary N) is 1. The predicted molar refractivity (Wildman–Crippen MR) is 91.7 cm³/mol. The van der Waals surface area contributed by atoms with Crippen LogP contribution in [0.15, 0.2) is 18.2 Å². The third-order valence-electron chi connectivity index (χ3n) is 5.07. The number of carbonyl (C=O) groups is 2. The van der Waals surface area contributed by atoms with E-state index in [0.717, 1.165) is 31.2 Å². The average Bonchev–Trinajstić information content (AvgIpc) is 2.53. The molecule has 1 aromatic rings. The number of ether oxygens (including phenoxy) is 1. The van der Waals surface area contributed by atoms with E-state index in [1.807, 2.05) is 32.0 Å². The predicted octanol–water partition coefficient (Wildman–Crippen LogP) is 2.10. The minimum atomic E-state index is -0.445. The maximum Gasteiger partial charge on any atom is 0.262 e. The Morgan fingerprint density at radius 1 is 1.46 bits per heavy atom. The molecule has 0 spiro atoms. The Labute approximate surface area is 142 Å². The number of anilines is 1. The summed E-state index contributed by atoms with van der Waals surface area (Å²) < 4.78 is 5.36. The minimum Gasteiger partial charge on any atom is -0.482 e. The second kappa shape index (κ2) is 6.43. The van der Waals surface area contributed by atoms with Gasteiger partial charge in [0.15, 0.2) is 6.61 Å². The van der Waals surface area contributed by atoms with Gasteiger partial charge in [-0.05, 0) is 44.4 Å². The number of benzene rings is 1. The lowest BCUT2D eigenvalue weighted by Crippen LogP contribution is -2.53. The third kappa shape index (κ3) is 3.38. The minimum absolute atomic E-state index is 0.00482. The van der Waals surface area contributed by atoms with Crippen molar-refractivity contribution in [3.63, 3.8) is 0 Å². The van der Waals surface area contributed by atoms with Gasteiger partial charge in [0.1, 0.15) is 5.75 Å². The van der Waals surface area contributed by atoms with Crippen LogP contribution in [0, 0.1) is 5.92 Å². The molecule has 3 rings (SSSR count). The summed E-state index contributed by atoms with van der Waals surface area (Å²) in [7, 11) is 0. The van der Waals surface area contributed by atoms with E-state index in [1.165, 1.54) is 0 Å². The molecule has 1 aliphatic heterocycles. The Hall–Kier alpha value is -2.08. The van der Waals surface area contributed by atoms with Crippen LogP contribution in [0.3, 0.4) is 0 Å². The maximum absolute atomic E-state index is 12.7.